The fourth-order valence-electron chi connectivity index (χ4n) is 3.34. The number of rotatable bonds is 9. The van der Waals surface area contributed by atoms with Crippen LogP contribution in [0.4, 0.5) is 0 Å². The number of para-hydroxylation sites is 1. The van der Waals surface area contributed by atoms with E-state index >= 15 is 0 Å². The second-order valence-electron chi connectivity index (χ2n) is 7.48. The first kappa shape index (κ1) is 22.2. The van der Waals surface area contributed by atoms with Crippen LogP contribution in [0.15, 0.2) is 91.0 Å². The second kappa shape index (κ2) is 10.5. The molecule has 0 bridgehead atoms. The molecule has 0 fully saturated rings. The Balaban J connectivity index is 1.43. The Bertz CT molecular complexity index is 1250. The summed E-state index contributed by atoms with van der Waals surface area (Å²) in [5, 5.41) is 10.3. The van der Waals surface area contributed by atoms with Crippen LogP contribution in [0.5, 0.6) is 5.88 Å². The lowest BCUT2D eigenvalue weighted by Gasteiger charge is -2.12. The molecule has 166 valence electrons. The maximum atomic E-state index is 11.5. The predicted octanol–water partition coefficient (Wildman–Crippen LogP) is 5.38. The summed E-state index contributed by atoms with van der Waals surface area (Å²) in [6, 6.07) is 24.6. The molecule has 1 heterocycles. The van der Waals surface area contributed by atoms with Crippen LogP contribution in [0.3, 0.4) is 0 Å². The summed E-state index contributed by atoms with van der Waals surface area (Å²) >= 11 is 0. The zero-order valence-corrected chi connectivity index (χ0v) is 18.2. The van der Waals surface area contributed by atoms with E-state index in [1.54, 1.807) is 36.4 Å². The Morgan fingerprint density at radius 2 is 1.61 bits per heavy atom. The third-order valence-corrected chi connectivity index (χ3v) is 5.05. The maximum absolute atomic E-state index is 11.5. The molecule has 4 aromatic rings. The summed E-state index contributed by atoms with van der Waals surface area (Å²) in [6.45, 7) is 2.45. The standard InChI is InChI=1S/C27H24N2O4/c1-19-13-15-21(16-14-19)25-28-23-12-6-5-11-22(23)26(29-25)33-18-8-7-17-32-24(27(30)31)20-9-3-2-4-10-20/h2-16,24H,17-18H2,1H3,(H,30,31). The third kappa shape index (κ3) is 5.61. The van der Waals surface area contributed by atoms with E-state index in [1.165, 1.54) is 5.56 Å². The van der Waals surface area contributed by atoms with Crippen LogP contribution in [-0.4, -0.2) is 34.3 Å². The first-order valence-corrected chi connectivity index (χ1v) is 10.6. The highest BCUT2D eigenvalue weighted by Gasteiger charge is 2.19. The van der Waals surface area contributed by atoms with Crippen molar-refractivity contribution in [2.45, 2.75) is 13.0 Å². The second-order valence-corrected chi connectivity index (χ2v) is 7.48. The predicted molar refractivity (Wildman–Crippen MR) is 127 cm³/mol. The molecule has 4 rings (SSSR count). The normalized spacial score (nSPS) is 12.2. The van der Waals surface area contributed by atoms with Crippen molar-refractivity contribution < 1.29 is 19.4 Å². The molecule has 0 aliphatic heterocycles. The van der Waals surface area contributed by atoms with Gasteiger partial charge in [-0.15, -0.1) is 0 Å². The molecule has 0 radical (unpaired) electrons. The van der Waals surface area contributed by atoms with Gasteiger partial charge in [-0.25, -0.2) is 9.78 Å². The quantitative estimate of drug-likeness (QED) is 0.352. The van der Waals surface area contributed by atoms with Gasteiger partial charge in [0.15, 0.2) is 11.9 Å². The molecular weight excluding hydrogens is 416 g/mol. The molecule has 3 aromatic carbocycles. The van der Waals surface area contributed by atoms with E-state index in [9.17, 15) is 9.90 Å². The molecule has 1 aromatic heterocycles. The van der Waals surface area contributed by atoms with Crippen molar-refractivity contribution in [3.63, 3.8) is 0 Å². The number of carbonyl (C=O) groups is 1. The van der Waals surface area contributed by atoms with Crippen LogP contribution in [0, 0.1) is 6.92 Å². The molecule has 1 atom stereocenters. The average Bonchev–Trinajstić information content (AvgIpc) is 2.84. The van der Waals surface area contributed by atoms with Crippen LogP contribution in [0.1, 0.15) is 17.2 Å². The van der Waals surface area contributed by atoms with Gasteiger partial charge < -0.3 is 14.6 Å². The highest BCUT2D eigenvalue weighted by Crippen LogP contribution is 2.26. The summed E-state index contributed by atoms with van der Waals surface area (Å²) in [7, 11) is 0. The molecule has 33 heavy (non-hydrogen) atoms. The van der Waals surface area contributed by atoms with Crippen LogP contribution in [0.2, 0.25) is 0 Å². The van der Waals surface area contributed by atoms with Gasteiger partial charge in [0.2, 0.25) is 5.88 Å². The van der Waals surface area contributed by atoms with E-state index in [-0.39, 0.29) is 13.2 Å². The van der Waals surface area contributed by atoms with E-state index in [0.717, 1.165) is 16.5 Å². The number of carboxylic acid groups (broad SMARTS) is 1. The fourth-order valence-corrected chi connectivity index (χ4v) is 3.34. The lowest BCUT2D eigenvalue weighted by atomic mass is 10.1. The highest BCUT2D eigenvalue weighted by atomic mass is 16.5. The highest BCUT2D eigenvalue weighted by molar-refractivity contribution is 5.85. The molecule has 0 spiro atoms. The van der Waals surface area contributed by atoms with E-state index in [4.69, 9.17) is 9.47 Å². The van der Waals surface area contributed by atoms with Gasteiger partial charge >= 0.3 is 5.97 Å². The number of hydrogen-bond acceptors (Lipinski definition) is 5. The Morgan fingerprint density at radius 1 is 0.909 bits per heavy atom. The molecule has 0 amide bonds. The van der Waals surface area contributed by atoms with Crippen LogP contribution < -0.4 is 4.74 Å². The van der Waals surface area contributed by atoms with Crippen LogP contribution in [-0.2, 0) is 9.53 Å². The summed E-state index contributed by atoms with van der Waals surface area (Å²) < 4.78 is 11.5. The van der Waals surface area contributed by atoms with Gasteiger partial charge in [-0.2, -0.15) is 4.98 Å². The topological polar surface area (TPSA) is 81.5 Å². The Hall–Kier alpha value is -4.03. The first-order valence-electron chi connectivity index (χ1n) is 10.6. The average molecular weight is 440 g/mol. The fraction of sp³-hybridized carbons (Fsp3) is 0.148. The molecule has 6 heteroatoms. The zero-order valence-electron chi connectivity index (χ0n) is 18.2. The van der Waals surface area contributed by atoms with Crippen LogP contribution >= 0.6 is 0 Å². The summed E-state index contributed by atoms with van der Waals surface area (Å²) in [6.07, 6.45) is 2.51. The molecular formula is C27H24N2O4. The lowest BCUT2D eigenvalue weighted by molar-refractivity contribution is -0.150. The molecule has 6 nitrogen and oxygen atoms in total. The SMILES string of the molecule is Cc1ccc(-c2nc(OCC=CCOC(C(=O)O)c3ccccc3)c3ccccc3n2)cc1. The van der Waals surface area contributed by atoms with E-state index < -0.39 is 12.1 Å². The van der Waals surface area contributed by atoms with Crippen molar-refractivity contribution >= 4 is 16.9 Å². The van der Waals surface area contributed by atoms with Gasteiger partial charge in [-0.1, -0.05) is 78.4 Å². The number of fused-ring (bicyclic) bond motifs is 1. The van der Waals surface area contributed by atoms with E-state index in [0.29, 0.717) is 17.3 Å². The molecule has 1 N–H and O–H groups in total. The van der Waals surface area contributed by atoms with E-state index in [1.807, 2.05) is 61.5 Å². The van der Waals surface area contributed by atoms with Crippen molar-refractivity contribution in [1.82, 2.24) is 9.97 Å². The van der Waals surface area contributed by atoms with Crippen molar-refractivity contribution in [1.29, 1.82) is 0 Å². The maximum Gasteiger partial charge on any atom is 0.337 e. The number of aryl methyl sites for hydroxylation is 1. The minimum Gasteiger partial charge on any atom is -0.479 e. The lowest BCUT2D eigenvalue weighted by Crippen LogP contribution is -2.15. The number of aliphatic carboxylic acids is 1. The monoisotopic (exact) mass is 440 g/mol. The number of nitrogens with zero attached hydrogens (tertiary/aromatic N) is 2. The Labute approximate surface area is 192 Å². The first-order chi connectivity index (χ1) is 16.1. The summed E-state index contributed by atoms with van der Waals surface area (Å²) in [5.41, 5.74) is 3.49. The molecule has 0 saturated heterocycles. The molecule has 0 aliphatic carbocycles. The number of benzene rings is 3. The smallest absolute Gasteiger partial charge is 0.337 e. The van der Waals surface area contributed by atoms with Crippen molar-refractivity contribution in [2.75, 3.05) is 13.2 Å². The largest absolute Gasteiger partial charge is 0.479 e. The summed E-state index contributed by atoms with van der Waals surface area (Å²) in [4.78, 5) is 20.8. The minimum absolute atomic E-state index is 0.147. The minimum atomic E-state index is -1.03. The number of ether oxygens (including phenoxy) is 2. The number of aromatic nitrogens is 2. The van der Waals surface area contributed by atoms with Crippen LogP contribution in [0.25, 0.3) is 22.3 Å². The van der Waals surface area contributed by atoms with Crippen molar-refractivity contribution in [3.05, 3.63) is 102 Å². The molecule has 1 unspecified atom stereocenters. The molecule has 0 aliphatic rings. The molecule has 0 saturated carbocycles. The van der Waals surface area contributed by atoms with Gasteiger partial charge in [0, 0.05) is 5.56 Å². The number of carboxylic acids is 1. The zero-order chi connectivity index (χ0) is 23.0. The third-order valence-electron chi connectivity index (χ3n) is 5.05. The Kier molecular flexibility index (Phi) is 7.07. The number of hydrogen-bond donors (Lipinski definition) is 1. The van der Waals surface area contributed by atoms with Crippen molar-refractivity contribution in [3.8, 4) is 17.3 Å². The Morgan fingerprint density at radius 3 is 2.36 bits per heavy atom. The van der Waals surface area contributed by atoms with E-state index in [2.05, 4.69) is 9.97 Å². The van der Waals surface area contributed by atoms with Crippen molar-refractivity contribution in [2.24, 2.45) is 0 Å². The van der Waals surface area contributed by atoms with Gasteiger partial charge in [0.25, 0.3) is 0 Å². The summed E-state index contributed by atoms with van der Waals surface area (Å²) in [5.74, 6) is 0.0690. The van der Waals surface area contributed by atoms with Gasteiger partial charge in [0.1, 0.15) is 6.61 Å². The van der Waals surface area contributed by atoms with Gasteiger partial charge in [-0.3, -0.25) is 0 Å². The van der Waals surface area contributed by atoms with Gasteiger partial charge in [-0.05, 0) is 30.7 Å². The van der Waals surface area contributed by atoms with Gasteiger partial charge in [0.05, 0.1) is 17.5 Å².